The van der Waals surface area contributed by atoms with E-state index in [0.29, 0.717) is 30.5 Å². The summed E-state index contributed by atoms with van der Waals surface area (Å²) in [6.07, 6.45) is 2.56. The highest BCUT2D eigenvalue weighted by Gasteiger charge is 2.36. The first kappa shape index (κ1) is 34.4. The maximum atomic E-state index is 12.9. The molecule has 2 atom stereocenters. The number of hydrogen-bond acceptors (Lipinski definition) is 7. The van der Waals surface area contributed by atoms with Crippen molar-refractivity contribution in [3.8, 4) is 5.75 Å². The summed E-state index contributed by atoms with van der Waals surface area (Å²) in [6.45, 7) is 5.46. The number of ether oxygens (including phenoxy) is 2. The lowest BCUT2D eigenvalue weighted by atomic mass is 10.0. The Morgan fingerprint density at radius 3 is 2.24 bits per heavy atom. The number of carboxylic acid groups (broad SMARTS) is 2. The molecule has 0 fully saturated rings. The second-order valence-corrected chi connectivity index (χ2v) is 10.6. The average molecular weight is 585 g/mol. The molecule has 10 nitrogen and oxygen atoms in total. The van der Waals surface area contributed by atoms with Gasteiger partial charge in [-0.3, -0.25) is 4.79 Å². The molecule has 0 aliphatic carbocycles. The minimum atomic E-state index is -1.76. The molecule has 0 aromatic heterocycles. The molecule has 230 valence electrons. The van der Waals surface area contributed by atoms with E-state index in [1.54, 1.807) is 25.1 Å². The van der Waals surface area contributed by atoms with Crippen molar-refractivity contribution in [1.29, 1.82) is 5.41 Å². The quantitative estimate of drug-likeness (QED) is 0.110. The van der Waals surface area contributed by atoms with Gasteiger partial charge >= 0.3 is 11.9 Å². The van der Waals surface area contributed by atoms with Gasteiger partial charge in [0.1, 0.15) is 12.4 Å². The van der Waals surface area contributed by atoms with E-state index < -0.39 is 36.7 Å². The lowest BCUT2D eigenvalue weighted by molar-refractivity contribution is -0.172. The monoisotopic (exact) mass is 584 g/mol. The lowest BCUT2D eigenvalue weighted by Crippen LogP contribution is -2.49. The number of phenols is 1. The summed E-state index contributed by atoms with van der Waals surface area (Å²) in [7, 11) is 0. The number of aliphatic carboxylic acids is 2. The van der Waals surface area contributed by atoms with Gasteiger partial charge in [0.15, 0.2) is 12.2 Å². The van der Waals surface area contributed by atoms with Gasteiger partial charge in [0.25, 0.3) is 5.91 Å². The van der Waals surface area contributed by atoms with Crippen LogP contribution >= 0.6 is 0 Å². The second kappa shape index (κ2) is 17.9. The van der Waals surface area contributed by atoms with E-state index in [2.05, 4.69) is 37.4 Å². The summed E-state index contributed by atoms with van der Waals surface area (Å²) < 4.78 is 10.7. The van der Waals surface area contributed by atoms with Crippen molar-refractivity contribution in [2.45, 2.75) is 84.3 Å². The number of carbonyl (C=O) groups is 3. The number of rotatable bonds is 20. The number of unbranched alkanes of at least 4 members (excludes halogenated alkanes) is 4. The van der Waals surface area contributed by atoms with Gasteiger partial charge in [-0.05, 0) is 105 Å². The highest BCUT2D eigenvalue weighted by Crippen LogP contribution is 2.19. The van der Waals surface area contributed by atoms with Crippen LogP contribution in [0.15, 0.2) is 36.4 Å². The maximum Gasteiger partial charge on any atom is 0.336 e. The zero-order chi connectivity index (χ0) is 31.1. The Morgan fingerprint density at radius 2 is 1.57 bits per heavy atom. The predicted octanol–water partition coefficient (Wildman–Crippen LogP) is 4.71. The first-order valence-corrected chi connectivity index (χ1v) is 14.4. The zero-order valence-corrected chi connectivity index (χ0v) is 24.8. The molecule has 0 bridgehead atoms. The van der Waals surface area contributed by atoms with Crippen LogP contribution in [0, 0.1) is 26.2 Å². The molecular formula is C32H44N2O8. The van der Waals surface area contributed by atoms with Crippen molar-refractivity contribution in [1.82, 2.24) is 5.32 Å². The average Bonchev–Trinajstić information content (AvgIpc) is 2.94. The van der Waals surface area contributed by atoms with Crippen molar-refractivity contribution in [3.05, 3.63) is 64.2 Å². The fraction of sp³-hybridized carbons (Fsp3) is 0.500. The molecule has 1 unspecified atom stereocenters. The van der Waals surface area contributed by atoms with E-state index in [1.165, 1.54) is 16.7 Å². The van der Waals surface area contributed by atoms with Crippen LogP contribution in [0.5, 0.6) is 5.75 Å². The van der Waals surface area contributed by atoms with Crippen LogP contribution in [0.2, 0.25) is 0 Å². The molecule has 0 radical (unpaired) electrons. The molecule has 0 saturated carbocycles. The molecule has 0 aliphatic rings. The molecule has 2 aromatic rings. The molecular weight excluding hydrogens is 540 g/mol. The molecule has 2 rings (SSSR count). The molecule has 2 aromatic carbocycles. The Balaban J connectivity index is 1.80. The van der Waals surface area contributed by atoms with E-state index in [4.69, 9.17) is 20.0 Å². The number of carboxylic acids is 2. The number of amides is 1. The topological polar surface area (TPSA) is 166 Å². The van der Waals surface area contributed by atoms with E-state index >= 15 is 0 Å². The van der Waals surface area contributed by atoms with Crippen molar-refractivity contribution >= 4 is 23.6 Å². The van der Waals surface area contributed by atoms with Crippen LogP contribution in [0.1, 0.15) is 72.8 Å². The van der Waals surface area contributed by atoms with Gasteiger partial charge in [0, 0.05) is 18.9 Å². The third kappa shape index (κ3) is 12.0. The molecule has 0 aliphatic heterocycles. The Labute approximate surface area is 247 Å². The number of aromatic hydroxyl groups is 1. The molecule has 5 N–H and O–H groups in total. The minimum absolute atomic E-state index is 0.129. The van der Waals surface area contributed by atoms with Crippen LogP contribution in [0.25, 0.3) is 0 Å². The second-order valence-electron chi connectivity index (χ2n) is 10.6. The number of benzene rings is 2. The number of carbonyl (C=O) groups excluding carboxylic acids is 1. The van der Waals surface area contributed by atoms with Crippen molar-refractivity contribution in [2.24, 2.45) is 0 Å². The third-order valence-electron chi connectivity index (χ3n) is 7.09. The Kier molecular flexibility index (Phi) is 14.7. The normalized spacial score (nSPS) is 12.5. The van der Waals surface area contributed by atoms with Crippen LogP contribution in [-0.4, -0.2) is 70.8 Å². The van der Waals surface area contributed by atoms with Crippen molar-refractivity contribution in [2.75, 3.05) is 19.8 Å². The largest absolute Gasteiger partial charge is 0.508 e. The van der Waals surface area contributed by atoms with E-state index in [-0.39, 0.29) is 18.9 Å². The van der Waals surface area contributed by atoms with Gasteiger partial charge in [0.2, 0.25) is 0 Å². The van der Waals surface area contributed by atoms with Gasteiger partial charge in [-0.2, -0.15) is 0 Å². The SMILES string of the molecule is Cc1ccc(CCCCCO[C@@H](C(=O)NCCCCCC(=N)c2ccc(O)c(C)c2)C(OCC(=O)O)C(=O)O)cc1C. The van der Waals surface area contributed by atoms with Gasteiger partial charge in [-0.15, -0.1) is 0 Å². The predicted molar refractivity (Wildman–Crippen MR) is 159 cm³/mol. The highest BCUT2D eigenvalue weighted by molar-refractivity contribution is 5.98. The lowest BCUT2D eigenvalue weighted by Gasteiger charge is -2.23. The Hall–Kier alpha value is -3.76. The summed E-state index contributed by atoms with van der Waals surface area (Å²) >= 11 is 0. The van der Waals surface area contributed by atoms with Gasteiger partial charge in [-0.1, -0.05) is 31.0 Å². The zero-order valence-electron chi connectivity index (χ0n) is 24.8. The number of aryl methyl sites for hydroxylation is 4. The fourth-order valence-corrected chi connectivity index (χ4v) is 4.43. The van der Waals surface area contributed by atoms with Gasteiger partial charge in [-0.25, -0.2) is 9.59 Å². The van der Waals surface area contributed by atoms with Crippen LogP contribution < -0.4 is 5.32 Å². The van der Waals surface area contributed by atoms with Crippen LogP contribution in [0.4, 0.5) is 0 Å². The van der Waals surface area contributed by atoms with Crippen LogP contribution in [0.3, 0.4) is 0 Å². The minimum Gasteiger partial charge on any atom is -0.508 e. The number of hydrogen-bond donors (Lipinski definition) is 5. The van der Waals surface area contributed by atoms with Gasteiger partial charge < -0.3 is 35.5 Å². The molecule has 10 heteroatoms. The van der Waals surface area contributed by atoms with Gasteiger partial charge in [0.05, 0.1) is 0 Å². The van der Waals surface area contributed by atoms with E-state index in [0.717, 1.165) is 37.7 Å². The molecule has 1 amide bonds. The smallest absolute Gasteiger partial charge is 0.336 e. The number of phenolic OH excluding ortho intramolecular Hbond substituents is 1. The maximum absolute atomic E-state index is 12.9. The summed E-state index contributed by atoms with van der Waals surface area (Å²) in [5.74, 6) is -3.31. The van der Waals surface area contributed by atoms with Crippen molar-refractivity contribution in [3.63, 3.8) is 0 Å². The summed E-state index contributed by atoms with van der Waals surface area (Å²) in [4.78, 5) is 35.7. The van der Waals surface area contributed by atoms with E-state index in [1.807, 2.05) is 0 Å². The van der Waals surface area contributed by atoms with Crippen LogP contribution in [-0.2, 0) is 30.3 Å². The Bertz CT molecular complexity index is 1210. The first-order valence-electron chi connectivity index (χ1n) is 14.4. The molecule has 0 saturated heterocycles. The third-order valence-corrected chi connectivity index (χ3v) is 7.09. The molecule has 0 spiro atoms. The fourth-order valence-electron chi connectivity index (χ4n) is 4.43. The standard InChI is InChI=1S/C32H44N2O8/c1-21-12-13-24(18-22(21)2)10-6-5-9-17-41-29(30(32(39)40)42-20-28(36)37)31(38)34-16-8-4-7-11-26(33)25-14-15-27(35)23(3)19-25/h12-15,18-19,29-30,33,35H,4-11,16-17,20H2,1-3H3,(H,34,38)(H,36,37)(H,39,40)/t29-,30?/m1/s1. The summed E-state index contributed by atoms with van der Waals surface area (Å²) in [6, 6.07) is 11.4. The van der Waals surface area contributed by atoms with E-state index in [9.17, 15) is 24.6 Å². The first-order chi connectivity index (χ1) is 20.0. The Morgan fingerprint density at radius 1 is 0.833 bits per heavy atom. The summed E-state index contributed by atoms with van der Waals surface area (Å²) in [5.41, 5.74) is 5.66. The molecule has 0 heterocycles. The number of nitrogens with one attached hydrogen (secondary N) is 2. The molecule has 42 heavy (non-hydrogen) atoms. The summed E-state index contributed by atoms with van der Waals surface area (Å²) in [5, 5.41) is 39.2. The highest BCUT2D eigenvalue weighted by atomic mass is 16.6. The van der Waals surface area contributed by atoms with Crippen molar-refractivity contribution < 1.29 is 39.2 Å².